The van der Waals surface area contributed by atoms with Gasteiger partial charge in [0, 0.05) is 5.54 Å². The number of nitrogens with one attached hydrogen (secondary N) is 1. The maximum absolute atomic E-state index is 13.8. The summed E-state index contributed by atoms with van der Waals surface area (Å²) in [6.07, 6.45) is 5.41. The Kier molecular flexibility index (Phi) is 3.41. The van der Waals surface area contributed by atoms with Crippen LogP contribution in [-0.2, 0) is 0 Å². The van der Waals surface area contributed by atoms with Gasteiger partial charge in [-0.05, 0) is 56.3 Å². The lowest BCUT2D eigenvalue weighted by atomic mass is 9.53. The summed E-state index contributed by atoms with van der Waals surface area (Å²) < 4.78 is 67.4. The van der Waals surface area contributed by atoms with Crippen LogP contribution in [0, 0.1) is 46.8 Å². The summed E-state index contributed by atoms with van der Waals surface area (Å²) in [5.74, 6) is -10.4. The van der Waals surface area contributed by atoms with E-state index >= 15 is 0 Å². The van der Waals surface area contributed by atoms with Crippen LogP contribution < -0.4 is 5.32 Å². The van der Waals surface area contributed by atoms with E-state index in [1.54, 1.807) is 0 Å². The Morgan fingerprint density at radius 2 is 1.12 bits per heavy atom. The first-order valence-corrected chi connectivity index (χ1v) is 8.13. The van der Waals surface area contributed by atoms with E-state index in [2.05, 4.69) is 5.32 Å². The summed E-state index contributed by atoms with van der Waals surface area (Å²) in [5.41, 5.74) is -1.96. The minimum absolute atomic E-state index is 0.466. The van der Waals surface area contributed by atoms with Crippen molar-refractivity contribution >= 4 is 5.91 Å². The standard InChI is InChI=1S/C17H16F5NO/c18-11-10(12(19)14(21)15(22)13(11)20)16(24)23-17-4-7-1-8(5-17)3-9(2-7)6-17/h7-9H,1-6H2,(H,23,24). The third-order valence-corrected chi connectivity index (χ3v) is 5.85. The highest BCUT2D eigenvalue weighted by atomic mass is 19.2. The third-order valence-electron chi connectivity index (χ3n) is 5.85. The van der Waals surface area contributed by atoms with Crippen molar-refractivity contribution in [3.8, 4) is 0 Å². The second-order valence-electron chi connectivity index (χ2n) is 7.60. The van der Waals surface area contributed by atoms with Crippen LogP contribution in [0.5, 0.6) is 0 Å². The lowest BCUT2D eigenvalue weighted by Crippen LogP contribution is -2.60. The molecular weight excluding hydrogens is 329 g/mol. The molecule has 2 nitrogen and oxygen atoms in total. The molecule has 1 amide bonds. The van der Waals surface area contributed by atoms with Gasteiger partial charge >= 0.3 is 0 Å². The summed E-state index contributed by atoms with van der Waals surface area (Å²) in [6, 6.07) is 0. The van der Waals surface area contributed by atoms with Crippen LogP contribution in [0.3, 0.4) is 0 Å². The maximum Gasteiger partial charge on any atom is 0.257 e. The van der Waals surface area contributed by atoms with Gasteiger partial charge in [-0.25, -0.2) is 22.0 Å². The molecule has 4 fully saturated rings. The van der Waals surface area contributed by atoms with Gasteiger partial charge in [-0.1, -0.05) is 0 Å². The van der Waals surface area contributed by atoms with E-state index in [1.807, 2.05) is 0 Å². The number of halogens is 5. The predicted molar refractivity (Wildman–Crippen MR) is 74.6 cm³/mol. The second-order valence-corrected chi connectivity index (χ2v) is 7.60. The normalized spacial score (nSPS) is 33.8. The van der Waals surface area contributed by atoms with Gasteiger partial charge in [0.1, 0.15) is 5.56 Å². The molecule has 24 heavy (non-hydrogen) atoms. The largest absolute Gasteiger partial charge is 0.346 e. The molecule has 0 saturated heterocycles. The maximum atomic E-state index is 13.8. The first-order chi connectivity index (χ1) is 11.3. The molecule has 1 N–H and O–H groups in total. The van der Waals surface area contributed by atoms with Crippen molar-refractivity contribution in [3.63, 3.8) is 0 Å². The van der Waals surface area contributed by atoms with Crippen LogP contribution in [0.15, 0.2) is 0 Å². The quantitative estimate of drug-likeness (QED) is 0.488. The molecule has 130 valence electrons. The summed E-state index contributed by atoms with van der Waals surface area (Å²) in [6.45, 7) is 0. The van der Waals surface area contributed by atoms with Crippen molar-refractivity contribution in [1.29, 1.82) is 0 Å². The minimum atomic E-state index is -2.25. The lowest BCUT2D eigenvalue weighted by molar-refractivity contribution is -0.0168. The monoisotopic (exact) mass is 345 g/mol. The Hall–Kier alpha value is -1.66. The van der Waals surface area contributed by atoms with Crippen LogP contribution in [-0.4, -0.2) is 11.4 Å². The number of hydrogen-bond donors (Lipinski definition) is 1. The number of benzene rings is 1. The van der Waals surface area contributed by atoms with E-state index < -0.39 is 46.1 Å². The highest BCUT2D eigenvalue weighted by Gasteiger charge is 2.52. The van der Waals surface area contributed by atoms with Gasteiger partial charge in [0.2, 0.25) is 5.82 Å². The zero-order valence-corrected chi connectivity index (χ0v) is 12.8. The molecule has 4 saturated carbocycles. The average molecular weight is 345 g/mol. The molecule has 0 aromatic heterocycles. The molecule has 4 aliphatic carbocycles. The first kappa shape index (κ1) is 15.8. The highest BCUT2D eigenvalue weighted by Crippen LogP contribution is 2.55. The molecular formula is C17H16F5NO. The van der Waals surface area contributed by atoms with Crippen molar-refractivity contribution in [2.75, 3.05) is 0 Å². The van der Waals surface area contributed by atoms with Gasteiger partial charge in [-0.15, -0.1) is 0 Å². The fourth-order valence-corrected chi connectivity index (χ4v) is 5.37. The summed E-state index contributed by atoms with van der Waals surface area (Å²) in [5, 5.41) is 2.62. The van der Waals surface area contributed by atoms with E-state index in [0.29, 0.717) is 37.0 Å². The Bertz CT molecular complexity index is 668. The number of carbonyl (C=O) groups excluding carboxylic acids is 1. The van der Waals surface area contributed by atoms with Crippen molar-refractivity contribution < 1.29 is 26.7 Å². The molecule has 0 radical (unpaired) electrons. The number of carbonyl (C=O) groups is 1. The van der Waals surface area contributed by atoms with E-state index in [0.717, 1.165) is 19.3 Å². The van der Waals surface area contributed by atoms with Crippen LogP contribution >= 0.6 is 0 Å². The van der Waals surface area contributed by atoms with E-state index in [-0.39, 0.29) is 0 Å². The number of amides is 1. The fourth-order valence-electron chi connectivity index (χ4n) is 5.37. The van der Waals surface area contributed by atoms with Gasteiger partial charge in [-0.3, -0.25) is 4.79 Å². The topological polar surface area (TPSA) is 29.1 Å². The molecule has 1 aromatic carbocycles. The van der Waals surface area contributed by atoms with Crippen LogP contribution in [0.25, 0.3) is 0 Å². The Labute approximate surface area is 135 Å². The Morgan fingerprint density at radius 1 is 0.750 bits per heavy atom. The van der Waals surface area contributed by atoms with Crippen molar-refractivity contribution in [2.24, 2.45) is 17.8 Å². The minimum Gasteiger partial charge on any atom is -0.346 e. The summed E-state index contributed by atoms with van der Waals surface area (Å²) in [4.78, 5) is 12.3. The summed E-state index contributed by atoms with van der Waals surface area (Å²) >= 11 is 0. The zero-order chi connectivity index (χ0) is 17.2. The number of hydrogen-bond acceptors (Lipinski definition) is 1. The van der Waals surface area contributed by atoms with E-state index in [1.165, 1.54) is 0 Å². The van der Waals surface area contributed by atoms with E-state index in [4.69, 9.17) is 0 Å². The third kappa shape index (κ3) is 2.24. The zero-order valence-electron chi connectivity index (χ0n) is 12.8. The van der Waals surface area contributed by atoms with Crippen LogP contribution in [0.1, 0.15) is 48.9 Å². The molecule has 0 aliphatic heterocycles. The van der Waals surface area contributed by atoms with Crippen LogP contribution in [0.4, 0.5) is 22.0 Å². The van der Waals surface area contributed by atoms with E-state index in [9.17, 15) is 26.7 Å². The molecule has 0 atom stereocenters. The van der Waals surface area contributed by atoms with Gasteiger partial charge in [0.05, 0.1) is 0 Å². The lowest BCUT2D eigenvalue weighted by Gasteiger charge is -2.56. The second kappa shape index (κ2) is 5.17. The summed E-state index contributed by atoms with van der Waals surface area (Å²) in [7, 11) is 0. The number of rotatable bonds is 2. The molecule has 0 unspecified atom stereocenters. The van der Waals surface area contributed by atoms with Crippen LogP contribution in [0.2, 0.25) is 0 Å². The fraction of sp³-hybridized carbons (Fsp3) is 0.588. The van der Waals surface area contributed by atoms with Crippen molar-refractivity contribution in [1.82, 2.24) is 5.32 Å². The van der Waals surface area contributed by atoms with Crippen molar-refractivity contribution in [2.45, 2.75) is 44.1 Å². The highest BCUT2D eigenvalue weighted by molar-refractivity contribution is 5.95. The molecule has 4 aliphatic rings. The van der Waals surface area contributed by atoms with Gasteiger partial charge in [0.15, 0.2) is 23.3 Å². The molecule has 0 heterocycles. The average Bonchev–Trinajstić information content (AvgIpc) is 2.49. The molecule has 1 aromatic rings. The molecule has 0 spiro atoms. The SMILES string of the molecule is O=C(NC12CC3CC(CC(C3)C1)C2)c1c(F)c(F)c(F)c(F)c1F. The van der Waals surface area contributed by atoms with Crippen molar-refractivity contribution in [3.05, 3.63) is 34.6 Å². The Morgan fingerprint density at radius 3 is 1.54 bits per heavy atom. The van der Waals surface area contributed by atoms with Gasteiger partial charge < -0.3 is 5.32 Å². The molecule has 5 rings (SSSR count). The Balaban J connectivity index is 1.66. The van der Waals surface area contributed by atoms with Gasteiger partial charge in [-0.2, -0.15) is 0 Å². The predicted octanol–water partition coefficient (Wildman–Crippen LogP) is 4.08. The smallest absolute Gasteiger partial charge is 0.257 e. The first-order valence-electron chi connectivity index (χ1n) is 8.13. The molecule has 7 heteroatoms. The molecule has 4 bridgehead atoms. The van der Waals surface area contributed by atoms with Gasteiger partial charge in [0.25, 0.3) is 5.91 Å².